The largest absolute Gasteiger partial charge is 0.360 e. The minimum absolute atomic E-state index is 0.178. The monoisotopic (exact) mass is 389 g/mol. The molecule has 1 saturated heterocycles. The molecule has 1 aromatic rings. The molecule has 0 radical (unpaired) electrons. The first-order valence-electron chi connectivity index (χ1n) is 8.14. The Morgan fingerprint density at radius 2 is 2.04 bits per heavy atom. The molecule has 8 heteroatoms. The number of halogens is 1. The molecule has 2 rings (SSSR count). The van der Waals surface area contributed by atoms with Crippen molar-refractivity contribution in [3.8, 4) is 0 Å². The van der Waals surface area contributed by atoms with Crippen molar-refractivity contribution < 1.29 is 8.42 Å². The number of benzene rings is 1. The van der Waals surface area contributed by atoms with E-state index in [-0.39, 0.29) is 11.8 Å². The second-order valence-electron chi connectivity index (χ2n) is 6.00. The summed E-state index contributed by atoms with van der Waals surface area (Å²) in [7, 11) is -3.10. The Bertz CT molecular complexity index is 687. The smallest absolute Gasteiger partial charge is 0.214 e. The van der Waals surface area contributed by atoms with Crippen molar-refractivity contribution in [3.05, 3.63) is 28.8 Å². The van der Waals surface area contributed by atoms with Gasteiger partial charge in [-0.3, -0.25) is 0 Å². The zero-order valence-corrected chi connectivity index (χ0v) is 16.4. The zero-order valence-electron chi connectivity index (χ0n) is 14.0. The van der Waals surface area contributed by atoms with Crippen molar-refractivity contribution in [3.63, 3.8) is 0 Å². The molecular formula is C16H24ClN3O2S2. The highest BCUT2D eigenvalue weighted by atomic mass is 35.5. The van der Waals surface area contributed by atoms with Gasteiger partial charge in [-0.05, 0) is 56.1 Å². The molecule has 0 saturated carbocycles. The van der Waals surface area contributed by atoms with E-state index in [1.54, 1.807) is 4.31 Å². The number of hydrogen-bond donors (Lipinski definition) is 2. The van der Waals surface area contributed by atoms with Crippen molar-refractivity contribution in [1.29, 1.82) is 0 Å². The summed E-state index contributed by atoms with van der Waals surface area (Å²) in [5.74, 6) is 0.221. The molecule has 1 aromatic carbocycles. The fourth-order valence-corrected chi connectivity index (χ4v) is 4.74. The summed E-state index contributed by atoms with van der Waals surface area (Å²) < 4.78 is 25.7. The number of rotatable bonds is 5. The first kappa shape index (κ1) is 19.4. The molecule has 0 amide bonds. The summed E-state index contributed by atoms with van der Waals surface area (Å²) in [5.41, 5.74) is 1.83. The molecule has 134 valence electrons. The molecule has 0 unspecified atom stereocenters. The maximum absolute atomic E-state index is 12.1. The Balaban J connectivity index is 1.85. The Morgan fingerprint density at radius 1 is 1.38 bits per heavy atom. The molecule has 0 aromatic heterocycles. The lowest BCUT2D eigenvalue weighted by Crippen LogP contribution is -2.47. The standard InChI is InChI=1S/C16H24ClN3O2S2/c1-3-11-24(21,22)20-9-7-13(8-10-20)18-16(23)19-15-6-4-5-14(17)12(15)2/h4-6,13H,3,7-11H2,1-2H3,(H2,18,19,23). The van der Waals surface area contributed by atoms with Crippen LogP contribution in [0.4, 0.5) is 5.69 Å². The molecule has 1 heterocycles. The highest BCUT2D eigenvalue weighted by molar-refractivity contribution is 7.89. The predicted molar refractivity (Wildman–Crippen MR) is 104 cm³/mol. The lowest BCUT2D eigenvalue weighted by molar-refractivity contribution is 0.308. The van der Waals surface area contributed by atoms with E-state index < -0.39 is 10.0 Å². The van der Waals surface area contributed by atoms with Crippen molar-refractivity contribution in [2.75, 3.05) is 24.2 Å². The molecule has 0 bridgehead atoms. The molecule has 0 atom stereocenters. The molecule has 24 heavy (non-hydrogen) atoms. The summed E-state index contributed by atoms with van der Waals surface area (Å²) in [6.07, 6.45) is 2.14. The van der Waals surface area contributed by atoms with Gasteiger partial charge in [0, 0.05) is 29.8 Å². The summed E-state index contributed by atoms with van der Waals surface area (Å²) in [6.45, 7) is 4.90. The molecule has 2 N–H and O–H groups in total. The van der Waals surface area contributed by atoms with Crippen LogP contribution in [0.25, 0.3) is 0 Å². The Labute approximate surface area is 154 Å². The van der Waals surface area contributed by atoms with Crippen LogP contribution in [0.2, 0.25) is 5.02 Å². The number of hydrogen-bond acceptors (Lipinski definition) is 3. The van der Waals surface area contributed by atoms with E-state index in [1.165, 1.54) is 0 Å². The number of nitrogens with zero attached hydrogens (tertiary/aromatic N) is 1. The van der Waals surface area contributed by atoms with E-state index in [9.17, 15) is 8.42 Å². The number of sulfonamides is 1. The first-order valence-corrected chi connectivity index (χ1v) is 10.5. The normalized spacial score (nSPS) is 16.8. The number of thiocarbonyl (C=S) groups is 1. The van der Waals surface area contributed by atoms with Crippen molar-refractivity contribution in [2.24, 2.45) is 0 Å². The molecule has 0 aliphatic carbocycles. The van der Waals surface area contributed by atoms with Gasteiger partial charge in [-0.25, -0.2) is 12.7 Å². The summed E-state index contributed by atoms with van der Waals surface area (Å²) in [4.78, 5) is 0. The molecule has 0 spiro atoms. The quantitative estimate of drug-likeness (QED) is 0.757. The molecular weight excluding hydrogens is 366 g/mol. The van der Waals surface area contributed by atoms with Gasteiger partial charge in [0.15, 0.2) is 5.11 Å². The minimum atomic E-state index is -3.10. The van der Waals surface area contributed by atoms with Crippen LogP contribution in [-0.4, -0.2) is 42.7 Å². The van der Waals surface area contributed by atoms with Gasteiger partial charge < -0.3 is 10.6 Å². The lowest BCUT2D eigenvalue weighted by Gasteiger charge is -2.32. The van der Waals surface area contributed by atoms with Gasteiger partial charge in [-0.1, -0.05) is 24.6 Å². The van der Waals surface area contributed by atoms with Crippen molar-refractivity contribution >= 4 is 44.6 Å². The third kappa shape index (κ3) is 5.05. The average Bonchev–Trinajstić information content (AvgIpc) is 2.52. The van der Waals surface area contributed by atoms with Crippen molar-refractivity contribution in [2.45, 2.75) is 39.2 Å². The van der Waals surface area contributed by atoms with Gasteiger partial charge >= 0.3 is 0 Å². The molecule has 5 nitrogen and oxygen atoms in total. The summed E-state index contributed by atoms with van der Waals surface area (Å²) in [5, 5.41) is 7.67. The van der Waals surface area contributed by atoms with Crippen LogP contribution in [0, 0.1) is 6.92 Å². The Kier molecular flexibility index (Phi) is 6.86. The van der Waals surface area contributed by atoms with Crippen molar-refractivity contribution in [1.82, 2.24) is 9.62 Å². The van der Waals surface area contributed by atoms with Gasteiger partial charge in [-0.15, -0.1) is 0 Å². The van der Waals surface area contributed by atoms with E-state index >= 15 is 0 Å². The van der Waals surface area contributed by atoms with Gasteiger partial charge in [0.25, 0.3) is 0 Å². The van der Waals surface area contributed by atoms with Crippen LogP contribution in [0.5, 0.6) is 0 Å². The SMILES string of the molecule is CCCS(=O)(=O)N1CCC(NC(=S)Nc2cccc(Cl)c2C)CC1. The van der Waals surface area contributed by atoms with Crippen LogP contribution >= 0.6 is 23.8 Å². The maximum atomic E-state index is 12.1. The number of nitrogens with one attached hydrogen (secondary N) is 2. The molecule has 1 aliphatic heterocycles. The Morgan fingerprint density at radius 3 is 2.67 bits per heavy atom. The van der Waals surface area contributed by atoms with Gasteiger partial charge in [0.1, 0.15) is 0 Å². The van der Waals surface area contributed by atoms with Crippen LogP contribution in [0.15, 0.2) is 18.2 Å². The number of piperidine rings is 1. The van der Waals surface area contributed by atoms with Gasteiger partial charge in [0.2, 0.25) is 10.0 Å². The first-order chi connectivity index (χ1) is 11.3. The molecule has 1 aliphatic rings. The Hall–Kier alpha value is -0.890. The highest BCUT2D eigenvalue weighted by Crippen LogP contribution is 2.23. The van der Waals surface area contributed by atoms with Crippen LogP contribution in [0.3, 0.4) is 0 Å². The van der Waals surface area contributed by atoms with E-state index in [0.717, 1.165) is 24.1 Å². The maximum Gasteiger partial charge on any atom is 0.214 e. The second kappa shape index (κ2) is 8.47. The number of anilines is 1. The van der Waals surface area contributed by atoms with E-state index in [1.807, 2.05) is 32.0 Å². The predicted octanol–water partition coefficient (Wildman–Crippen LogP) is 3.14. The van der Waals surface area contributed by atoms with Crippen LogP contribution < -0.4 is 10.6 Å². The summed E-state index contributed by atoms with van der Waals surface area (Å²) >= 11 is 11.5. The fourth-order valence-electron chi connectivity index (χ4n) is 2.75. The second-order valence-corrected chi connectivity index (χ2v) is 8.90. The van der Waals surface area contributed by atoms with Gasteiger partial charge in [0.05, 0.1) is 5.75 Å². The van der Waals surface area contributed by atoms with E-state index in [4.69, 9.17) is 23.8 Å². The lowest BCUT2D eigenvalue weighted by atomic mass is 10.1. The minimum Gasteiger partial charge on any atom is -0.360 e. The summed E-state index contributed by atoms with van der Waals surface area (Å²) in [6, 6.07) is 5.81. The van der Waals surface area contributed by atoms with E-state index in [0.29, 0.717) is 29.6 Å². The topological polar surface area (TPSA) is 61.4 Å². The third-order valence-corrected chi connectivity index (χ3v) is 6.87. The fraction of sp³-hybridized carbons (Fsp3) is 0.562. The van der Waals surface area contributed by atoms with E-state index in [2.05, 4.69) is 10.6 Å². The zero-order chi connectivity index (χ0) is 17.7. The average molecular weight is 390 g/mol. The third-order valence-electron chi connectivity index (χ3n) is 4.16. The van der Waals surface area contributed by atoms with Crippen LogP contribution in [-0.2, 0) is 10.0 Å². The van der Waals surface area contributed by atoms with Crippen LogP contribution in [0.1, 0.15) is 31.7 Å². The van der Waals surface area contributed by atoms with Gasteiger partial charge in [-0.2, -0.15) is 0 Å². The molecule has 1 fully saturated rings. The highest BCUT2D eigenvalue weighted by Gasteiger charge is 2.27.